The first kappa shape index (κ1) is 17.5. The van der Waals surface area contributed by atoms with Crippen molar-refractivity contribution in [3.05, 3.63) is 83.9 Å². The summed E-state index contributed by atoms with van der Waals surface area (Å²) in [4.78, 5) is 2.57. The van der Waals surface area contributed by atoms with Crippen LogP contribution in [0.4, 0.5) is 0 Å². The van der Waals surface area contributed by atoms with E-state index in [1.54, 1.807) is 0 Å². The molecule has 1 unspecified atom stereocenters. The monoisotopic (exact) mass is 352 g/mol. The quantitative estimate of drug-likeness (QED) is 0.571. The highest BCUT2D eigenvalue weighted by atomic mass is 15.2. The lowest BCUT2D eigenvalue weighted by atomic mass is 9.98. The summed E-state index contributed by atoms with van der Waals surface area (Å²) in [6.07, 6.45) is 2.65. The second-order valence-electron chi connectivity index (χ2n) is 7.31. The molecule has 1 atom stereocenters. The minimum atomic E-state index is 0.500. The van der Waals surface area contributed by atoms with Crippen LogP contribution in [-0.2, 0) is 0 Å². The highest BCUT2D eigenvalue weighted by Gasteiger charge is 2.19. The number of nitrogens with zero attached hydrogens (tertiary/aromatic N) is 2. The number of rotatable bonds is 4. The Morgan fingerprint density at radius 2 is 1.11 bits per heavy atom. The van der Waals surface area contributed by atoms with Gasteiger partial charge in [0.25, 0.3) is 0 Å². The molecule has 1 aliphatic heterocycles. The fourth-order valence-corrected chi connectivity index (χ4v) is 3.89. The Morgan fingerprint density at radius 1 is 0.704 bits per heavy atom. The zero-order valence-electron chi connectivity index (χ0n) is 15.7. The smallest absolute Gasteiger partial charge is 0.0991 e. The molecule has 2 nitrogen and oxygen atoms in total. The Hall–Kier alpha value is -2.89. The van der Waals surface area contributed by atoms with Crippen molar-refractivity contribution in [2.45, 2.75) is 25.8 Å². The summed E-state index contributed by atoms with van der Waals surface area (Å²) >= 11 is 0. The number of benzene rings is 3. The summed E-state index contributed by atoms with van der Waals surface area (Å²) in [5, 5.41) is 8.92. The molecule has 1 heterocycles. The summed E-state index contributed by atoms with van der Waals surface area (Å²) in [7, 11) is 0. The lowest BCUT2D eigenvalue weighted by Gasteiger charge is -2.24. The molecule has 134 valence electrons. The molecule has 3 aromatic rings. The van der Waals surface area contributed by atoms with E-state index >= 15 is 0 Å². The lowest BCUT2D eigenvalue weighted by molar-refractivity contribution is 0.263. The predicted octanol–water partition coefficient (Wildman–Crippen LogP) is 6.05. The van der Waals surface area contributed by atoms with Crippen molar-refractivity contribution >= 4 is 0 Å². The minimum absolute atomic E-state index is 0.500. The van der Waals surface area contributed by atoms with Gasteiger partial charge in [-0.1, -0.05) is 60.7 Å². The van der Waals surface area contributed by atoms with E-state index in [9.17, 15) is 0 Å². The Bertz CT molecular complexity index is 926. The second-order valence-corrected chi connectivity index (χ2v) is 7.31. The Labute approximate surface area is 161 Å². The van der Waals surface area contributed by atoms with Crippen LogP contribution in [0.5, 0.6) is 0 Å². The van der Waals surface area contributed by atoms with Crippen LogP contribution in [0.3, 0.4) is 0 Å². The van der Waals surface area contributed by atoms with Gasteiger partial charge in [0.2, 0.25) is 0 Å². The van der Waals surface area contributed by atoms with Crippen LogP contribution in [0, 0.1) is 11.3 Å². The van der Waals surface area contributed by atoms with Crippen LogP contribution in [0.1, 0.15) is 36.9 Å². The SMILES string of the molecule is CC(c1ccc(-c2ccc(-c3ccc(C#N)cc3)cc2)cc1)N1CCCC1. The van der Waals surface area contributed by atoms with Crippen molar-refractivity contribution in [1.82, 2.24) is 4.90 Å². The fraction of sp³-hybridized carbons (Fsp3) is 0.240. The molecule has 2 heteroatoms. The summed E-state index contributed by atoms with van der Waals surface area (Å²) in [5.41, 5.74) is 6.87. The third-order valence-electron chi connectivity index (χ3n) is 5.65. The molecule has 4 rings (SSSR count). The highest BCUT2D eigenvalue weighted by Crippen LogP contribution is 2.28. The van der Waals surface area contributed by atoms with Gasteiger partial charge in [0.15, 0.2) is 0 Å². The molecular formula is C25H24N2. The third kappa shape index (κ3) is 3.79. The zero-order chi connectivity index (χ0) is 18.6. The Kier molecular flexibility index (Phi) is 5.05. The molecule has 0 amide bonds. The standard InChI is InChI=1S/C25H24N2/c1-19(27-16-2-3-17-27)21-8-10-23(11-9-21)25-14-12-24(13-15-25)22-6-4-20(18-26)5-7-22/h4-15,19H,2-3,16-17H2,1H3. The van der Waals surface area contributed by atoms with Crippen molar-refractivity contribution < 1.29 is 0 Å². The Balaban J connectivity index is 1.50. The first-order valence-electron chi connectivity index (χ1n) is 9.69. The van der Waals surface area contributed by atoms with Gasteiger partial charge >= 0.3 is 0 Å². The van der Waals surface area contributed by atoms with Crippen LogP contribution >= 0.6 is 0 Å². The summed E-state index contributed by atoms with van der Waals surface area (Å²) < 4.78 is 0. The van der Waals surface area contributed by atoms with E-state index in [1.807, 2.05) is 24.3 Å². The summed E-state index contributed by atoms with van der Waals surface area (Å²) in [5.74, 6) is 0. The molecule has 1 fully saturated rings. The van der Waals surface area contributed by atoms with Gasteiger partial charge in [0.05, 0.1) is 11.6 Å². The largest absolute Gasteiger partial charge is 0.297 e. The molecule has 1 saturated heterocycles. The molecule has 0 aromatic heterocycles. The maximum absolute atomic E-state index is 8.92. The first-order chi connectivity index (χ1) is 13.2. The van der Waals surface area contributed by atoms with E-state index in [4.69, 9.17) is 5.26 Å². The van der Waals surface area contributed by atoms with E-state index in [0.717, 1.165) is 5.56 Å². The molecule has 0 N–H and O–H groups in total. The first-order valence-corrected chi connectivity index (χ1v) is 9.69. The average Bonchev–Trinajstić information content (AvgIpc) is 3.28. The van der Waals surface area contributed by atoms with Crippen LogP contribution in [0.2, 0.25) is 0 Å². The van der Waals surface area contributed by atoms with Crippen molar-refractivity contribution in [3.8, 4) is 28.3 Å². The third-order valence-corrected chi connectivity index (χ3v) is 5.65. The fourth-order valence-electron chi connectivity index (χ4n) is 3.89. The maximum atomic E-state index is 8.92. The van der Waals surface area contributed by atoms with E-state index in [2.05, 4.69) is 66.4 Å². The number of likely N-dealkylation sites (tertiary alicyclic amines) is 1. The van der Waals surface area contributed by atoms with E-state index in [0.29, 0.717) is 11.6 Å². The lowest BCUT2D eigenvalue weighted by Crippen LogP contribution is -2.23. The van der Waals surface area contributed by atoms with E-state index < -0.39 is 0 Å². The van der Waals surface area contributed by atoms with Crippen molar-refractivity contribution in [2.75, 3.05) is 13.1 Å². The van der Waals surface area contributed by atoms with Gasteiger partial charge < -0.3 is 0 Å². The van der Waals surface area contributed by atoms with Crippen LogP contribution in [0.15, 0.2) is 72.8 Å². The normalized spacial score (nSPS) is 15.4. The van der Waals surface area contributed by atoms with Gasteiger partial charge in [0, 0.05) is 6.04 Å². The zero-order valence-corrected chi connectivity index (χ0v) is 15.7. The maximum Gasteiger partial charge on any atom is 0.0991 e. The Morgan fingerprint density at radius 3 is 1.56 bits per heavy atom. The van der Waals surface area contributed by atoms with Gasteiger partial charge in [-0.25, -0.2) is 0 Å². The molecule has 0 spiro atoms. The van der Waals surface area contributed by atoms with Crippen molar-refractivity contribution in [1.29, 1.82) is 5.26 Å². The van der Waals surface area contributed by atoms with Gasteiger partial charge in [-0.05, 0) is 72.8 Å². The predicted molar refractivity (Wildman–Crippen MR) is 111 cm³/mol. The molecule has 0 aliphatic carbocycles. The van der Waals surface area contributed by atoms with Crippen molar-refractivity contribution in [3.63, 3.8) is 0 Å². The average molecular weight is 352 g/mol. The van der Waals surface area contributed by atoms with Gasteiger partial charge in [-0.15, -0.1) is 0 Å². The topological polar surface area (TPSA) is 27.0 Å². The van der Waals surface area contributed by atoms with Crippen LogP contribution in [0.25, 0.3) is 22.3 Å². The molecular weight excluding hydrogens is 328 g/mol. The van der Waals surface area contributed by atoms with Crippen molar-refractivity contribution in [2.24, 2.45) is 0 Å². The van der Waals surface area contributed by atoms with Gasteiger partial charge in [-0.3, -0.25) is 4.90 Å². The summed E-state index contributed by atoms with van der Waals surface area (Å²) in [6.45, 7) is 4.76. The molecule has 0 saturated carbocycles. The molecule has 0 bridgehead atoms. The van der Waals surface area contributed by atoms with Crippen LogP contribution in [-0.4, -0.2) is 18.0 Å². The van der Waals surface area contributed by atoms with E-state index in [-0.39, 0.29) is 0 Å². The minimum Gasteiger partial charge on any atom is -0.297 e. The number of nitriles is 1. The van der Waals surface area contributed by atoms with Gasteiger partial charge in [0.1, 0.15) is 0 Å². The molecule has 27 heavy (non-hydrogen) atoms. The molecule has 1 aliphatic rings. The highest BCUT2D eigenvalue weighted by molar-refractivity contribution is 5.70. The second kappa shape index (κ2) is 7.78. The number of hydrogen-bond acceptors (Lipinski definition) is 2. The van der Waals surface area contributed by atoms with Gasteiger partial charge in [-0.2, -0.15) is 5.26 Å². The molecule has 3 aromatic carbocycles. The van der Waals surface area contributed by atoms with E-state index in [1.165, 1.54) is 48.2 Å². The number of hydrogen-bond donors (Lipinski definition) is 0. The van der Waals surface area contributed by atoms with Crippen LogP contribution < -0.4 is 0 Å². The molecule has 0 radical (unpaired) electrons. The summed E-state index contributed by atoms with van der Waals surface area (Å²) in [6, 6.07) is 28.1.